The van der Waals surface area contributed by atoms with Gasteiger partial charge in [-0.25, -0.2) is 0 Å². The van der Waals surface area contributed by atoms with Crippen molar-refractivity contribution in [2.24, 2.45) is 0 Å². The molecule has 0 aromatic carbocycles. The van der Waals surface area contributed by atoms with Gasteiger partial charge in [0.05, 0.1) is 0 Å². The Kier molecular flexibility index (Phi) is 62.0. The van der Waals surface area contributed by atoms with Crippen LogP contribution in [0.2, 0.25) is 0 Å². The van der Waals surface area contributed by atoms with Gasteiger partial charge < -0.3 is 0 Å². The van der Waals surface area contributed by atoms with Crippen molar-refractivity contribution < 1.29 is 58.9 Å². The minimum atomic E-state index is 0. The van der Waals surface area contributed by atoms with Crippen LogP contribution in [-0.4, -0.2) is 51.2 Å². The van der Waals surface area contributed by atoms with E-state index in [-0.39, 0.29) is 71.7 Å². The number of hydrogen-bond donors (Lipinski definition) is 0. The van der Waals surface area contributed by atoms with E-state index in [9.17, 15) is 0 Å². The van der Waals surface area contributed by atoms with Crippen molar-refractivity contribution in [3.8, 4) is 0 Å². The molecule has 0 rings (SSSR count). The molecule has 0 spiro atoms. The van der Waals surface area contributed by atoms with Crippen molar-refractivity contribution in [2.75, 3.05) is 0 Å². The fraction of sp³-hybridized carbons (Fsp3) is 0. The van der Waals surface area contributed by atoms with Crippen molar-refractivity contribution in [2.45, 2.75) is 0 Å². The molecule has 4 heavy (non-hydrogen) atoms. The van der Waals surface area contributed by atoms with Crippen LogP contribution in [0.1, 0.15) is 0 Å². The summed E-state index contributed by atoms with van der Waals surface area (Å²) in [5.74, 6) is 1.47. The first kappa shape index (κ1) is 15.7. The zero-order valence-electron chi connectivity index (χ0n) is 2.08. The molecule has 0 fully saturated rings. The van der Waals surface area contributed by atoms with Gasteiger partial charge in [-0.05, 0) is 0 Å². The molecule has 0 unspecified atom stereocenters. The molecule has 0 N–H and O–H groups in total. The van der Waals surface area contributed by atoms with Gasteiger partial charge in [0.15, 0.2) is 0 Å². The van der Waals surface area contributed by atoms with E-state index >= 15 is 0 Å². The van der Waals surface area contributed by atoms with Gasteiger partial charge in [-0.15, -0.1) is 0 Å². The first-order chi connectivity index (χ1) is 1.00. The first-order valence-corrected chi connectivity index (χ1v) is 12.6. The van der Waals surface area contributed by atoms with E-state index in [1.54, 1.807) is 0 Å². The maximum absolute atomic E-state index is 1.47. The van der Waals surface area contributed by atoms with Gasteiger partial charge >= 0.3 is 84.0 Å². The molecule has 0 amide bonds. The van der Waals surface area contributed by atoms with Crippen LogP contribution in [0.25, 0.3) is 0 Å². The summed E-state index contributed by atoms with van der Waals surface area (Å²) in [6.07, 6.45) is 0. The van der Waals surface area contributed by atoms with E-state index < -0.39 is 0 Å². The maximum atomic E-state index is 1.47. The normalized spacial score (nSPS) is 1.75. The van der Waals surface area contributed by atoms with Crippen molar-refractivity contribution >= 4 is 51.2 Å². The number of hydrogen-bond acceptors (Lipinski definition) is 0. The van der Waals surface area contributed by atoms with Crippen LogP contribution < -0.4 is 0 Å². The number of rotatable bonds is 0. The Morgan fingerprint density at radius 1 is 1.25 bits per heavy atom. The van der Waals surface area contributed by atoms with Crippen molar-refractivity contribution in [3.63, 3.8) is 0 Å². The summed E-state index contributed by atoms with van der Waals surface area (Å²) in [6.45, 7) is 0. The van der Waals surface area contributed by atoms with Gasteiger partial charge in [0.25, 0.3) is 0 Å². The Morgan fingerprint density at radius 2 is 1.25 bits per heavy atom. The average Bonchev–Trinajstić information content (AvgIpc) is 1.00. The van der Waals surface area contributed by atoms with Crippen molar-refractivity contribution in [1.82, 2.24) is 0 Å². The van der Waals surface area contributed by atoms with E-state index in [0.29, 0.717) is 0 Å². The summed E-state index contributed by atoms with van der Waals surface area (Å²) >= 11 is 1.31. The van der Waals surface area contributed by atoms with Crippen LogP contribution in [0.4, 0.5) is 0 Å². The molecule has 0 aliphatic carbocycles. The quantitative estimate of drug-likeness (QED) is 0.439. The summed E-state index contributed by atoms with van der Waals surface area (Å²) in [7, 11) is 0. The molecule has 0 aliphatic rings. The van der Waals surface area contributed by atoms with Crippen LogP contribution in [0.5, 0.6) is 0 Å². The predicted octanol–water partition coefficient (Wildman–Crippen LogP) is -2.10. The fourth-order valence-corrected chi connectivity index (χ4v) is 0. The Labute approximate surface area is 107 Å². The Morgan fingerprint density at radius 3 is 1.25 bits per heavy atom. The molecule has 0 aliphatic heterocycles. The monoisotopic (exact) mass is 350 g/mol. The molecule has 0 saturated heterocycles. The Balaban J connectivity index is -0.00000000500. The van der Waals surface area contributed by atoms with Crippen LogP contribution in [-0.2, 0) is 26.2 Å². The predicted molar refractivity (Wildman–Crippen MR) is 18.5 cm³/mol. The summed E-state index contributed by atoms with van der Waals surface area (Å²) in [6, 6.07) is 0. The molecular formula is H5LaSiSrZr. The first-order valence-electron chi connectivity index (χ1n) is 0.577. The topological polar surface area (TPSA) is 0 Å². The van der Waals surface area contributed by atoms with E-state index in [2.05, 4.69) is 0 Å². The zero-order chi connectivity index (χ0) is 2.00. The third-order valence-corrected chi connectivity index (χ3v) is 0. The molecule has 0 atom stereocenters. The average molecular weight is 351 g/mol. The SMILES string of the molecule is [SiH3][La].[SrH2].[Zr]. The smallest absolute Gasteiger partial charge is 0 e. The largest absolute Gasteiger partial charge is 0 e. The third-order valence-electron chi connectivity index (χ3n) is 0. The molecule has 0 bridgehead atoms. The summed E-state index contributed by atoms with van der Waals surface area (Å²) in [5.41, 5.74) is 0. The van der Waals surface area contributed by atoms with E-state index in [0.717, 1.165) is 0 Å². The minimum Gasteiger partial charge on any atom is 0 e. The van der Waals surface area contributed by atoms with Crippen molar-refractivity contribution in [1.29, 1.82) is 0 Å². The van der Waals surface area contributed by atoms with Gasteiger partial charge in [0.1, 0.15) is 0 Å². The van der Waals surface area contributed by atoms with Crippen LogP contribution in [0.3, 0.4) is 0 Å². The Bertz CT molecular complexity index is 8.00. The third kappa shape index (κ3) is 9.24. The molecule has 0 aromatic heterocycles. The van der Waals surface area contributed by atoms with E-state index in [1.165, 1.54) is 38.5 Å². The molecule has 0 radical (unpaired) electrons. The van der Waals surface area contributed by atoms with Gasteiger partial charge in [-0.3, -0.25) is 0 Å². The van der Waals surface area contributed by atoms with Crippen LogP contribution >= 0.6 is 0 Å². The summed E-state index contributed by atoms with van der Waals surface area (Å²) < 4.78 is 0. The summed E-state index contributed by atoms with van der Waals surface area (Å²) in [4.78, 5) is 0. The fourth-order valence-electron chi connectivity index (χ4n) is 0. The second-order valence-electron chi connectivity index (χ2n) is 0. The zero-order valence-corrected chi connectivity index (χ0v) is 10.2. The second-order valence-corrected chi connectivity index (χ2v) is 0. The van der Waals surface area contributed by atoms with E-state index in [4.69, 9.17) is 0 Å². The molecular weight excluding hydrogens is 346 g/mol. The van der Waals surface area contributed by atoms with Crippen LogP contribution in [0, 0.1) is 32.7 Å². The minimum absolute atomic E-state index is 0. The van der Waals surface area contributed by atoms with Gasteiger partial charge in [-0.1, -0.05) is 0 Å². The molecule has 18 valence electrons. The molecule has 0 heterocycles. The van der Waals surface area contributed by atoms with Crippen molar-refractivity contribution in [3.05, 3.63) is 0 Å². The van der Waals surface area contributed by atoms with Gasteiger partial charge in [-0.2, -0.15) is 0 Å². The maximum Gasteiger partial charge on any atom is 0 e. The van der Waals surface area contributed by atoms with Gasteiger partial charge in [0, 0.05) is 26.2 Å². The molecule has 0 nitrogen and oxygen atoms in total. The molecule has 0 saturated carbocycles. The molecule has 4 heteroatoms. The van der Waals surface area contributed by atoms with Crippen LogP contribution in [0.15, 0.2) is 0 Å². The summed E-state index contributed by atoms with van der Waals surface area (Å²) in [5, 5.41) is 0. The molecule has 0 aromatic rings. The van der Waals surface area contributed by atoms with Gasteiger partial charge in [0.2, 0.25) is 0 Å². The second kappa shape index (κ2) is 15.9. The van der Waals surface area contributed by atoms with E-state index in [1.807, 2.05) is 0 Å². The Hall–Kier alpha value is 3.78. The standard InChI is InChI=1S/La.H3Si.Sr.Zr.2H/h;1H3;;;;.